The van der Waals surface area contributed by atoms with Crippen molar-refractivity contribution < 1.29 is 13.9 Å². The molecule has 5 nitrogen and oxygen atoms in total. The highest BCUT2D eigenvalue weighted by molar-refractivity contribution is 14.0. The molecule has 0 bridgehead atoms. The molecule has 0 fully saturated rings. The van der Waals surface area contributed by atoms with Crippen molar-refractivity contribution in [2.24, 2.45) is 4.99 Å². The summed E-state index contributed by atoms with van der Waals surface area (Å²) in [5, 5.41) is 6.52. The van der Waals surface area contributed by atoms with Gasteiger partial charge in [-0.25, -0.2) is 4.39 Å². The van der Waals surface area contributed by atoms with E-state index in [2.05, 4.69) is 15.6 Å². The van der Waals surface area contributed by atoms with E-state index in [0.717, 1.165) is 50.7 Å². The number of benzene rings is 1. The van der Waals surface area contributed by atoms with Gasteiger partial charge < -0.3 is 20.1 Å². The molecule has 0 saturated carbocycles. The number of halogens is 2. The molecule has 0 amide bonds. The SMILES string of the molecule is CCNC(=NCC(OC)c1ccc(F)cc1)NCCCCOCC.I. The van der Waals surface area contributed by atoms with E-state index in [1.807, 2.05) is 13.8 Å². The molecule has 1 rings (SSSR count). The van der Waals surface area contributed by atoms with Crippen LogP contribution in [0.3, 0.4) is 0 Å². The number of hydrogen-bond acceptors (Lipinski definition) is 3. The Hall–Kier alpha value is -0.930. The van der Waals surface area contributed by atoms with Crippen LogP contribution < -0.4 is 10.6 Å². The zero-order valence-electron chi connectivity index (χ0n) is 15.4. The molecule has 0 spiro atoms. The molecule has 1 unspecified atom stereocenters. The number of nitrogens with one attached hydrogen (secondary N) is 2. The summed E-state index contributed by atoms with van der Waals surface area (Å²) in [5.41, 5.74) is 0.912. The Morgan fingerprint density at radius 2 is 1.88 bits per heavy atom. The topological polar surface area (TPSA) is 54.9 Å². The average Bonchev–Trinajstić information content (AvgIpc) is 2.59. The largest absolute Gasteiger partial charge is 0.382 e. The molecule has 0 radical (unpaired) electrons. The van der Waals surface area contributed by atoms with Crippen molar-refractivity contribution in [1.29, 1.82) is 0 Å². The van der Waals surface area contributed by atoms with Gasteiger partial charge in [-0.3, -0.25) is 4.99 Å². The molecule has 2 N–H and O–H groups in total. The number of hydrogen-bond donors (Lipinski definition) is 2. The second-order valence-electron chi connectivity index (χ2n) is 5.33. The first-order valence-corrected chi connectivity index (χ1v) is 8.59. The van der Waals surface area contributed by atoms with Gasteiger partial charge in [0.2, 0.25) is 0 Å². The van der Waals surface area contributed by atoms with Gasteiger partial charge >= 0.3 is 0 Å². The van der Waals surface area contributed by atoms with Crippen molar-refractivity contribution in [3.8, 4) is 0 Å². The van der Waals surface area contributed by atoms with Crippen molar-refractivity contribution >= 4 is 29.9 Å². The number of nitrogens with zero attached hydrogens (tertiary/aromatic N) is 1. The van der Waals surface area contributed by atoms with Gasteiger partial charge in [-0.1, -0.05) is 12.1 Å². The van der Waals surface area contributed by atoms with Crippen LogP contribution in [-0.4, -0.2) is 45.9 Å². The first-order valence-electron chi connectivity index (χ1n) is 8.59. The number of aliphatic imine (C=N–C) groups is 1. The average molecular weight is 467 g/mol. The molecular weight excluding hydrogens is 436 g/mol. The third kappa shape index (κ3) is 10.6. The maximum absolute atomic E-state index is 13.0. The predicted octanol–water partition coefficient (Wildman–Crippen LogP) is 3.50. The molecule has 1 aromatic rings. The Balaban J connectivity index is 0.00000576. The van der Waals surface area contributed by atoms with Gasteiger partial charge in [-0.15, -0.1) is 24.0 Å². The standard InChI is InChI=1S/C18H30FN3O2.HI/c1-4-20-18(21-12-6-7-13-24-5-2)22-14-17(23-3)15-8-10-16(19)11-9-15;/h8-11,17H,4-7,12-14H2,1-3H3,(H2,20,21,22);1H. The third-order valence-corrected chi connectivity index (χ3v) is 3.50. The number of guanidine groups is 1. The molecule has 0 heterocycles. The minimum absolute atomic E-state index is 0. The van der Waals surface area contributed by atoms with Gasteiger partial charge in [-0.2, -0.15) is 0 Å². The first-order chi connectivity index (χ1) is 11.7. The van der Waals surface area contributed by atoms with Crippen molar-refractivity contribution in [2.75, 3.05) is 40.0 Å². The lowest BCUT2D eigenvalue weighted by Gasteiger charge is -2.16. The van der Waals surface area contributed by atoms with E-state index in [-0.39, 0.29) is 35.9 Å². The van der Waals surface area contributed by atoms with Crippen LogP contribution in [0.1, 0.15) is 38.4 Å². The zero-order chi connectivity index (χ0) is 17.6. The molecule has 144 valence electrons. The molecule has 0 saturated heterocycles. The van der Waals surface area contributed by atoms with E-state index in [4.69, 9.17) is 9.47 Å². The number of ether oxygens (including phenoxy) is 2. The van der Waals surface area contributed by atoms with Crippen LogP contribution in [0.2, 0.25) is 0 Å². The lowest BCUT2D eigenvalue weighted by Crippen LogP contribution is -2.38. The molecule has 1 atom stereocenters. The lowest BCUT2D eigenvalue weighted by molar-refractivity contribution is 0.111. The van der Waals surface area contributed by atoms with Gasteiger partial charge in [0.25, 0.3) is 0 Å². The van der Waals surface area contributed by atoms with Gasteiger partial charge in [0.15, 0.2) is 5.96 Å². The Morgan fingerprint density at radius 3 is 2.48 bits per heavy atom. The van der Waals surface area contributed by atoms with Crippen LogP contribution in [0.4, 0.5) is 4.39 Å². The van der Waals surface area contributed by atoms with Gasteiger partial charge in [-0.05, 0) is 44.4 Å². The molecule has 0 aliphatic carbocycles. The lowest BCUT2D eigenvalue weighted by atomic mass is 10.1. The summed E-state index contributed by atoms with van der Waals surface area (Å²) in [6, 6.07) is 6.33. The summed E-state index contributed by atoms with van der Waals surface area (Å²) in [6.45, 7) is 7.69. The Morgan fingerprint density at radius 1 is 1.16 bits per heavy atom. The van der Waals surface area contributed by atoms with Crippen molar-refractivity contribution in [1.82, 2.24) is 10.6 Å². The number of unbranched alkanes of at least 4 members (excludes halogenated alkanes) is 1. The van der Waals surface area contributed by atoms with Gasteiger partial charge in [0.1, 0.15) is 11.9 Å². The fourth-order valence-electron chi connectivity index (χ4n) is 2.19. The normalized spacial score (nSPS) is 12.4. The summed E-state index contributed by atoms with van der Waals surface area (Å²) in [5.74, 6) is 0.511. The minimum Gasteiger partial charge on any atom is -0.382 e. The molecule has 25 heavy (non-hydrogen) atoms. The predicted molar refractivity (Wildman–Crippen MR) is 111 cm³/mol. The van der Waals surface area contributed by atoms with Gasteiger partial charge in [0.05, 0.1) is 6.54 Å². The van der Waals surface area contributed by atoms with E-state index in [1.54, 1.807) is 19.2 Å². The second kappa shape index (κ2) is 15.3. The van der Waals surface area contributed by atoms with Crippen molar-refractivity contribution in [3.63, 3.8) is 0 Å². The highest BCUT2D eigenvalue weighted by Crippen LogP contribution is 2.17. The first kappa shape index (κ1) is 24.1. The van der Waals surface area contributed by atoms with Gasteiger partial charge in [0, 0.05) is 33.4 Å². The Kier molecular flexibility index (Phi) is 14.8. The molecule has 1 aromatic carbocycles. The van der Waals surface area contributed by atoms with Crippen LogP contribution in [0.25, 0.3) is 0 Å². The van der Waals surface area contributed by atoms with E-state index < -0.39 is 0 Å². The maximum Gasteiger partial charge on any atom is 0.191 e. The molecular formula is C18H31FIN3O2. The van der Waals surface area contributed by atoms with E-state index in [1.165, 1.54) is 12.1 Å². The summed E-state index contributed by atoms with van der Waals surface area (Å²) in [6.07, 6.45) is 1.85. The van der Waals surface area contributed by atoms with Crippen LogP contribution >= 0.6 is 24.0 Å². The molecule has 0 aromatic heterocycles. The fourth-order valence-corrected chi connectivity index (χ4v) is 2.19. The molecule has 0 aliphatic rings. The summed E-state index contributed by atoms with van der Waals surface area (Å²) in [7, 11) is 1.64. The van der Waals surface area contributed by atoms with E-state index >= 15 is 0 Å². The van der Waals surface area contributed by atoms with Crippen LogP contribution in [0, 0.1) is 5.82 Å². The van der Waals surface area contributed by atoms with Crippen molar-refractivity contribution in [3.05, 3.63) is 35.6 Å². The summed E-state index contributed by atoms with van der Waals surface area (Å²) < 4.78 is 23.8. The van der Waals surface area contributed by atoms with Crippen molar-refractivity contribution in [2.45, 2.75) is 32.8 Å². The van der Waals surface area contributed by atoms with Crippen LogP contribution in [-0.2, 0) is 9.47 Å². The van der Waals surface area contributed by atoms with E-state index in [9.17, 15) is 4.39 Å². The quantitative estimate of drug-likeness (QED) is 0.227. The second-order valence-corrected chi connectivity index (χ2v) is 5.33. The van der Waals surface area contributed by atoms with Crippen LogP contribution in [0.5, 0.6) is 0 Å². The number of rotatable bonds is 11. The smallest absolute Gasteiger partial charge is 0.191 e. The monoisotopic (exact) mass is 467 g/mol. The molecule has 7 heteroatoms. The summed E-state index contributed by atoms with van der Waals surface area (Å²) >= 11 is 0. The summed E-state index contributed by atoms with van der Waals surface area (Å²) in [4.78, 5) is 4.56. The Labute approximate surface area is 167 Å². The fraction of sp³-hybridized carbons (Fsp3) is 0.611. The maximum atomic E-state index is 13.0. The minimum atomic E-state index is -0.251. The Bertz CT molecular complexity index is 472. The highest BCUT2D eigenvalue weighted by atomic mass is 127. The molecule has 0 aliphatic heterocycles. The highest BCUT2D eigenvalue weighted by Gasteiger charge is 2.10. The zero-order valence-corrected chi connectivity index (χ0v) is 17.7. The van der Waals surface area contributed by atoms with E-state index in [0.29, 0.717) is 6.54 Å². The van der Waals surface area contributed by atoms with Crippen LogP contribution in [0.15, 0.2) is 29.3 Å². The number of methoxy groups -OCH3 is 1. The third-order valence-electron chi connectivity index (χ3n) is 3.50.